The molecule has 0 saturated heterocycles. The van der Waals surface area contributed by atoms with Gasteiger partial charge < -0.3 is 20.9 Å². The number of amides is 1. The Morgan fingerprint density at radius 3 is 2.24 bits per heavy atom. The van der Waals surface area contributed by atoms with Gasteiger partial charge in [-0.25, -0.2) is 21.6 Å². The first kappa shape index (κ1) is 49.0. The summed E-state index contributed by atoms with van der Waals surface area (Å²) >= 11 is 7.58. The zero-order valence-corrected chi connectivity index (χ0v) is 38.7. The van der Waals surface area contributed by atoms with Crippen molar-refractivity contribution >= 4 is 66.1 Å². The summed E-state index contributed by atoms with van der Waals surface area (Å²) in [5.74, 6) is -0.680. The van der Waals surface area contributed by atoms with Gasteiger partial charge in [0.25, 0.3) is 25.8 Å². The summed E-state index contributed by atoms with van der Waals surface area (Å²) in [4.78, 5) is 14.0. The van der Waals surface area contributed by atoms with E-state index in [-0.39, 0.29) is 17.0 Å². The van der Waals surface area contributed by atoms with E-state index in [1.807, 2.05) is 73.0 Å². The number of nitrogens with one attached hydrogen (secondary N) is 4. The quantitative estimate of drug-likeness (QED) is 0.0501. The standard InChI is InChI=1S/C45H55ClF3N5O5S3/c1-31(2)54(5)26-22-37(30-60-38-9-7-6-8-10-38)52-41-20-19-39(27-42(41)61(56,57)45(47,48)49)62(58,59)53-43(55)33-13-17-36(18-14-33)51-25-24-50-29-34-21-23-44(3,4)28-40(34)32-11-15-35(46)16-12-32/h6-20,27,31,37,50-52H,21-26,28-30H2,1-5H3,(H,53,55)/t37-/m1/s1. The molecule has 0 radical (unpaired) electrons. The van der Waals surface area contributed by atoms with Gasteiger partial charge in [0.15, 0.2) is 0 Å². The molecule has 0 aliphatic heterocycles. The number of carbonyl (C=O) groups is 1. The fraction of sp³-hybridized carbons (Fsp3) is 0.400. The van der Waals surface area contributed by atoms with E-state index >= 15 is 0 Å². The topological polar surface area (TPSA) is 137 Å². The average molecular weight is 935 g/mol. The van der Waals surface area contributed by atoms with Crippen molar-refractivity contribution in [1.29, 1.82) is 0 Å². The van der Waals surface area contributed by atoms with Crippen LogP contribution in [-0.2, 0) is 19.9 Å². The smallest absolute Gasteiger partial charge is 0.384 e. The van der Waals surface area contributed by atoms with Gasteiger partial charge in [0, 0.05) is 65.2 Å². The van der Waals surface area contributed by atoms with E-state index < -0.39 is 52.8 Å². The van der Waals surface area contributed by atoms with E-state index in [0.29, 0.717) is 48.6 Å². The number of thioether (sulfide) groups is 1. The number of nitrogens with zero attached hydrogens (tertiary/aromatic N) is 1. The van der Waals surface area contributed by atoms with Crippen LogP contribution in [-0.4, -0.2) is 84.2 Å². The van der Waals surface area contributed by atoms with Gasteiger partial charge in [-0.1, -0.05) is 61.4 Å². The molecule has 0 spiro atoms. The molecule has 4 N–H and O–H groups in total. The number of rotatable bonds is 20. The van der Waals surface area contributed by atoms with Crippen molar-refractivity contribution in [3.63, 3.8) is 0 Å². The number of alkyl halides is 3. The Labute approximate surface area is 373 Å². The van der Waals surface area contributed by atoms with Crippen LogP contribution in [0, 0.1) is 5.41 Å². The minimum Gasteiger partial charge on any atom is -0.384 e. The van der Waals surface area contributed by atoms with E-state index in [4.69, 9.17) is 11.6 Å². The molecular weight excluding hydrogens is 879 g/mol. The third kappa shape index (κ3) is 13.5. The van der Waals surface area contributed by atoms with E-state index in [9.17, 15) is 34.8 Å². The Hall–Kier alpha value is -4.06. The number of hydrogen-bond donors (Lipinski definition) is 4. The highest BCUT2D eigenvalue weighted by molar-refractivity contribution is 7.99. The summed E-state index contributed by atoms with van der Waals surface area (Å²) in [5.41, 5.74) is -1.42. The predicted molar refractivity (Wildman–Crippen MR) is 245 cm³/mol. The number of sulfone groups is 1. The van der Waals surface area contributed by atoms with Gasteiger partial charge in [0.1, 0.15) is 4.90 Å². The Balaban J connectivity index is 1.24. The second-order valence-electron chi connectivity index (χ2n) is 16.5. The molecular formula is C45H55ClF3N5O5S3. The number of allylic oxidation sites excluding steroid dienone is 1. The Morgan fingerprint density at radius 2 is 1.60 bits per heavy atom. The van der Waals surface area contributed by atoms with Crippen LogP contribution in [0.3, 0.4) is 0 Å². The van der Waals surface area contributed by atoms with Gasteiger partial charge in [0.05, 0.1) is 10.6 Å². The van der Waals surface area contributed by atoms with E-state index in [2.05, 4.69) is 41.9 Å². The van der Waals surface area contributed by atoms with Crippen LogP contribution >= 0.6 is 23.4 Å². The molecule has 17 heteroatoms. The number of hydrogen-bond acceptors (Lipinski definition) is 10. The molecule has 10 nitrogen and oxygen atoms in total. The van der Waals surface area contributed by atoms with Crippen LogP contribution in [0.5, 0.6) is 0 Å². The second-order valence-corrected chi connectivity index (χ2v) is 21.6. The summed E-state index contributed by atoms with van der Waals surface area (Å²) in [6.07, 6.45) is 3.50. The number of benzene rings is 4. The molecule has 0 saturated carbocycles. The minimum atomic E-state index is -6.04. The lowest BCUT2D eigenvalue weighted by molar-refractivity contribution is -0.0435. The normalized spacial score (nSPS) is 15.1. The van der Waals surface area contributed by atoms with Gasteiger partial charge in [-0.05, 0) is 130 Å². The summed E-state index contributed by atoms with van der Waals surface area (Å²) in [6, 6.07) is 25.4. The largest absolute Gasteiger partial charge is 0.501 e. The van der Waals surface area contributed by atoms with Crippen molar-refractivity contribution < 1.29 is 34.8 Å². The zero-order chi connectivity index (χ0) is 45.3. The highest BCUT2D eigenvalue weighted by atomic mass is 35.5. The predicted octanol–water partition coefficient (Wildman–Crippen LogP) is 9.72. The Morgan fingerprint density at radius 1 is 0.919 bits per heavy atom. The van der Waals surface area contributed by atoms with Crippen molar-refractivity contribution in [3.8, 4) is 0 Å². The highest BCUT2D eigenvalue weighted by Gasteiger charge is 2.48. The first-order valence-electron chi connectivity index (χ1n) is 20.3. The number of halogens is 4. The van der Waals surface area contributed by atoms with Gasteiger partial charge in [-0.2, -0.15) is 13.2 Å². The summed E-state index contributed by atoms with van der Waals surface area (Å²) < 4.78 is 96.9. The monoisotopic (exact) mass is 933 g/mol. The van der Waals surface area contributed by atoms with Crippen molar-refractivity contribution in [1.82, 2.24) is 14.9 Å². The number of carbonyl (C=O) groups excluding carboxylic acids is 1. The Bertz CT molecular complexity index is 2400. The van der Waals surface area contributed by atoms with Crippen LogP contribution in [0.1, 0.15) is 69.3 Å². The maximum Gasteiger partial charge on any atom is 0.501 e. The molecule has 1 atom stereocenters. The van der Waals surface area contributed by atoms with Crippen LogP contribution in [0.2, 0.25) is 5.02 Å². The van der Waals surface area contributed by atoms with Crippen molar-refractivity contribution in [2.45, 2.75) is 85.7 Å². The molecule has 0 heterocycles. The Kier molecular flexibility index (Phi) is 16.6. The molecule has 1 aliphatic rings. The zero-order valence-electron chi connectivity index (χ0n) is 35.5. The van der Waals surface area contributed by atoms with Crippen molar-refractivity contribution in [2.24, 2.45) is 5.41 Å². The van der Waals surface area contributed by atoms with Crippen LogP contribution in [0.15, 0.2) is 117 Å². The van der Waals surface area contributed by atoms with Crippen molar-refractivity contribution in [2.75, 3.05) is 49.6 Å². The third-order valence-electron chi connectivity index (χ3n) is 10.8. The maximum atomic E-state index is 14.1. The maximum absolute atomic E-state index is 14.1. The molecule has 1 amide bonds. The molecule has 0 bridgehead atoms. The highest BCUT2D eigenvalue weighted by Crippen LogP contribution is 2.43. The molecule has 0 aromatic heterocycles. The summed E-state index contributed by atoms with van der Waals surface area (Å²) in [6.45, 7) is 11.0. The fourth-order valence-corrected chi connectivity index (χ4v) is 10.0. The molecule has 1 aliphatic carbocycles. The average Bonchev–Trinajstić information content (AvgIpc) is 3.22. The van der Waals surface area contributed by atoms with Gasteiger partial charge in [-0.3, -0.25) is 4.79 Å². The van der Waals surface area contributed by atoms with E-state index in [1.165, 1.54) is 40.6 Å². The summed E-state index contributed by atoms with van der Waals surface area (Å²) in [5, 5.41) is 10.4. The molecule has 0 unspecified atom stereocenters. The van der Waals surface area contributed by atoms with Gasteiger partial charge in [-0.15, -0.1) is 11.8 Å². The lowest BCUT2D eigenvalue weighted by atomic mass is 9.72. The molecule has 62 heavy (non-hydrogen) atoms. The fourth-order valence-electron chi connectivity index (χ4n) is 6.88. The van der Waals surface area contributed by atoms with Crippen molar-refractivity contribution in [3.05, 3.63) is 119 Å². The minimum absolute atomic E-state index is 0.0364. The second kappa shape index (κ2) is 21.1. The van der Waals surface area contributed by atoms with Gasteiger partial charge in [0.2, 0.25) is 0 Å². The first-order valence-corrected chi connectivity index (χ1v) is 24.7. The van der Waals surface area contributed by atoms with Crippen LogP contribution in [0.4, 0.5) is 24.5 Å². The van der Waals surface area contributed by atoms with E-state index in [0.717, 1.165) is 42.8 Å². The lowest BCUT2D eigenvalue weighted by Gasteiger charge is -2.34. The van der Waals surface area contributed by atoms with Crippen LogP contribution < -0.4 is 20.7 Å². The molecule has 336 valence electrons. The SMILES string of the molecule is CC(C)N(C)CC[C@H](CSc1ccccc1)Nc1ccc(S(=O)(=O)NC(=O)c2ccc(NCCNCC3=C(c4ccc(Cl)cc4)CC(C)(C)CC3)cc2)cc1S(=O)(=O)C(F)(F)F. The molecule has 5 rings (SSSR count). The van der Waals surface area contributed by atoms with E-state index in [1.54, 1.807) is 12.1 Å². The molecule has 4 aromatic carbocycles. The number of anilines is 2. The third-order valence-corrected chi connectivity index (χ3v) is 15.1. The number of sulfonamides is 1. The first-order chi connectivity index (χ1) is 29.1. The summed E-state index contributed by atoms with van der Waals surface area (Å²) in [7, 11) is -8.97. The molecule has 0 fully saturated rings. The molecule has 4 aromatic rings. The lowest BCUT2D eigenvalue weighted by Crippen LogP contribution is -2.34. The van der Waals surface area contributed by atoms with Crippen LogP contribution in [0.25, 0.3) is 5.57 Å². The van der Waals surface area contributed by atoms with Gasteiger partial charge >= 0.3 is 5.51 Å².